The van der Waals surface area contributed by atoms with E-state index < -0.39 is 5.97 Å². The molecule has 1 aliphatic carbocycles. The molecule has 9 nitrogen and oxygen atoms in total. The minimum absolute atomic E-state index is 0.0614. The van der Waals surface area contributed by atoms with E-state index in [2.05, 4.69) is 5.32 Å². The molecule has 1 N–H and O–H groups in total. The largest absolute Gasteiger partial charge is 0.427 e. The number of amides is 4. The van der Waals surface area contributed by atoms with E-state index in [-0.39, 0.29) is 35.7 Å². The van der Waals surface area contributed by atoms with E-state index in [0.717, 1.165) is 32.1 Å². The highest BCUT2D eigenvalue weighted by Gasteiger charge is 2.40. The van der Waals surface area contributed by atoms with Gasteiger partial charge >= 0.3 is 5.97 Å². The van der Waals surface area contributed by atoms with Crippen molar-refractivity contribution in [3.8, 4) is 5.75 Å². The molecule has 1 saturated heterocycles. The van der Waals surface area contributed by atoms with Crippen LogP contribution in [0.1, 0.15) is 93.3 Å². The van der Waals surface area contributed by atoms with Gasteiger partial charge in [0.2, 0.25) is 0 Å². The fourth-order valence-corrected chi connectivity index (χ4v) is 5.61. The van der Waals surface area contributed by atoms with Crippen LogP contribution >= 0.6 is 0 Å². The van der Waals surface area contributed by atoms with Crippen LogP contribution in [0, 0.1) is 0 Å². The molecule has 2 aromatic carbocycles. The van der Waals surface area contributed by atoms with E-state index in [1.807, 2.05) is 0 Å². The first kappa shape index (κ1) is 25.6. The second kappa shape index (κ2) is 10.8. The van der Waals surface area contributed by atoms with Crippen molar-refractivity contribution >= 4 is 29.6 Å². The first-order chi connectivity index (χ1) is 18.3. The minimum atomic E-state index is -0.458. The summed E-state index contributed by atoms with van der Waals surface area (Å²) in [5, 5.41) is 2.99. The van der Waals surface area contributed by atoms with Crippen molar-refractivity contribution in [1.82, 2.24) is 15.1 Å². The molecular weight excluding hydrogens is 486 g/mol. The number of rotatable bonds is 5. The van der Waals surface area contributed by atoms with Gasteiger partial charge < -0.3 is 15.0 Å². The molecule has 3 aliphatic rings. The standard InChI is InChI=1S/C29H31N3O6/c1-18(33)38-23-9-5-6-19(16-23)26(34)30-21-12-14-31(15-13-21)27(35)20-10-11-24-25(17-20)29(37)32(28(24)36)22-7-3-2-4-8-22/h5-6,9-11,16-17,21-22H,2-4,7-8,12-15H2,1H3,(H,30,34). The van der Waals surface area contributed by atoms with Crippen molar-refractivity contribution in [2.24, 2.45) is 0 Å². The summed E-state index contributed by atoms with van der Waals surface area (Å²) in [7, 11) is 0. The zero-order valence-electron chi connectivity index (χ0n) is 21.4. The number of nitrogens with zero attached hydrogens (tertiary/aromatic N) is 2. The van der Waals surface area contributed by atoms with Gasteiger partial charge in [-0.2, -0.15) is 0 Å². The predicted octanol–water partition coefficient (Wildman–Crippen LogP) is 3.58. The number of carbonyl (C=O) groups is 5. The quantitative estimate of drug-likeness (QED) is 0.369. The first-order valence-corrected chi connectivity index (χ1v) is 13.2. The molecule has 0 atom stereocenters. The molecule has 0 radical (unpaired) electrons. The SMILES string of the molecule is CC(=O)Oc1cccc(C(=O)NC2CCN(C(=O)c3ccc4c(c3)C(=O)N(C3CCCCC3)C4=O)CC2)c1. The summed E-state index contributed by atoms with van der Waals surface area (Å²) in [6.07, 6.45) is 5.98. The van der Waals surface area contributed by atoms with Crippen LogP contribution in [0.3, 0.4) is 0 Å². The maximum Gasteiger partial charge on any atom is 0.308 e. The van der Waals surface area contributed by atoms with Gasteiger partial charge in [0.1, 0.15) is 5.75 Å². The first-order valence-electron chi connectivity index (χ1n) is 13.2. The number of ether oxygens (including phenoxy) is 1. The van der Waals surface area contributed by atoms with Crippen LogP contribution in [-0.4, -0.2) is 64.6 Å². The molecule has 1 saturated carbocycles. The van der Waals surface area contributed by atoms with E-state index >= 15 is 0 Å². The second-order valence-corrected chi connectivity index (χ2v) is 10.2. The molecular formula is C29H31N3O6. The molecule has 2 aliphatic heterocycles. The number of fused-ring (bicyclic) bond motifs is 1. The number of benzene rings is 2. The minimum Gasteiger partial charge on any atom is -0.427 e. The third-order valence-corrected chi connectivity index (χ3v) is 7.58. The lowest BCUT2D eigenvalue weighted by molar-refractivity contribution is -0.131. The van der Waals surface area contributed by atoms with Gasteiger partial charge in [-0.1, -0.05) is 25.3 Å². The Bertz CT molecular complexity index is 1290. The number of carbonyl (C=O) groups excluding carboxylic acids is 5. The van der Waals surface area contributed by atoms with Crippen molar-refractivity contribution in [1.29, 1.82) is 0 Å². The fourth-order valence-electron chi connectivity index (χ4n) is 5.61. The summed E-state index contributed by atoms with van der Waals surface area (Å²) in [5.74, 6) is -1.17. The molecule has 0 spiro atoms. The Labute approximate surface area is 221 Å². The summed E-state index contributed by atoms with van der Waals surface area (Å²) < 4.78 is 5.05. The van der Waals surface area contributed by atoms with E-state index in [1.165, 1.54) is 17.9 Å². The fraction of sp³-hybridized carbons (Fsp3) is 0.414. The van der Waals surface area contributed by atoms with Gasteiger partial charge in [-0.25, -0.2) is 0 Å². The number of likely N-dealkylation sites (tertiary alicyclic amines) is 1. The summed E-state index contributed by atoms with van der Waals surface area (Å²) in [6.45, 7) is 2.21. The molecule has 2 aromatic rings. The summed E-state index contributed by atoms with van der Waals surface area (Å²) in [6, 6.07) is 11.0. The van der Waals surface area contributed by atoms with Gasteiger partial charge in [0.15, 0.2) is 0 Å². The van der Waals surface area contributed by atoms with Gasteiger partial charge in [-0.3, -0.25) is 28.9 Å². The number of esters is 1. The monoisotopic (exact) mass is 517 g/mol. The van der Waals surface area contributed by atoms with Crippen LogP contribution in [0.5, 0.6) is 5.75 Å². The van der Waals surface area contributed by atoms with Gasteiger partial charge in [0.25, 0.3) is 23.6 Å². The Hall–Kier alpha value is -4.01. The molecule has 2 heterocycles. The Balaban J connectivity index is 1.19. The van der Waals surface area contributed by atoms with Gasteiger partial charge in [-0.15, -0.1) is 0 Å². The van der Waals surface area contributed by atoms with E-state index in [4.69, 9.17) is 4.74 Å². The third-order valence-electron chi connectivity index (χ3n) is 7.58. The van der Waals surface area contributed by atoms with Crippen LogP contribution in [0.15, 0.2) is 42.5 Å². The zero-order chi connectivity index (χ0) is 26.8. The van der Waals surface area contributed by atoms with Crippen LogP contribution in [0.25, 0.3) is 0 Å². The van der Waals surface area contributed by atoms with E-state index in [1.54, 1.807) is 41.3 Å². The number of hydrogen-bond donors (Lipinski definition) is 1. The highest BCUT2D eigenvalue weighted by molar-refractivity contribution is 6.22. The average molecular weight is 518 g/mol. The van der Waals surface area contributed by atoms with Crippen LogP contribution in [0.2, 0.25) is 0 Å². The Kier molecular flexibility index (Phi) is 7.26. The number of nitrogens with one attached hydrogen (secondary N) is 1. The van der Waals surface area contributed by atoms with Crippen LogP contribution in [-0.2, 0) is 4.79 Å². The van der Waals surface area contributed by atoms with Crippen molar-refractivity contribution in [3.05, 3.63) is 64.7 Å². The molecule has 5 rings (SSSR count). The Morgan fingerprint density at radius 1 is 0.842 bits per heavy atom. The lowest BCUT2D eigenvalue weighted by Crippen LogP contribution is -2.46. The number of hydrogen-bond acceptors (Lipinski definition) is 6. The molecule has 0 unspecified atom stereocenters. The highest BCUT2D eigenvalue weighted by atomic mass is 16.5. The Morgan fingerprint density at radius 3 is 2.26 bits per heavy atom. The van der Waals surface area contributed by atoms with Gasteiger partial charge in [-0.05, 0) is 62.1 Å². The highest BCUT2D eigenvalue weighted by Crippen LogP contribution is 2.32. The van der Waals surface area contributed by atoms with E-state index in [0.29, 0.717) is 53.9 Å². The zero-order valence-corrected chi connectivity index (χ0v) is 21.4. The molecule has 38 heavy (non-hydrogen) atoms. The van der Waals surface area contributed by atoms with Crippen LogP contribution in [0.4, 0.5) is 0 Å². The van der Waals surface area contributed by atoms with Crippen molar-refractivity contribution in [2.45, 2.75) is 64.0 Å². The normalized spacial score (nSPS) is 18.3. The smallest absolute Gasteiger partial charge is 0.308 e. The third kappa shape index (κ3) is 5.18. The molecule has 0 bridgehead atoms. The second-order valence-electron chi connectivity index (χ2n) is 10.2. The van der Waals surface area contributed by atoms with Crippen molar-refractivity contribution < 1.29 is 28.7 Å². The van der Waals surface area contributed by atoms with Gasteiger partial charge in [0, 0.05) is 43.2 Å². The molecule has 4 amide bonds. The van der Waals surface area contributed by atoms with Gasteiger partial charge in [0.05, 0.1) is 11.1 Å². The lowest BCUT2D eigenvalue weighted by atomic mass is 9.94. The Morgan fingerprint density at radius 2 is 1.55 bits per heavy atom. The molecule has 2 fully saturated rings. The van der Waals surface area contributed by atoms with E-state index in [9.17, 15) is 24.0 Å². The van der Waals surface area contributed by atoms with Crippen molar-refractivity contribution in [3.63, 3.8) is 0 Å². The summed E-state index contributed by atoms with van der Waals surface area (Å²) >= 11 is 0. The summed E-state index contributed by atoms with van der Waals surface area (Å²) in [4.78, 5) is 66.3. The number of imide groups is 1. The topological polar surface area (TPSA) is 113 Å². The van der Waals surface area contributed by atoms with Crippen LogP contribution < -0.4 is 10.1 Å². The lowest BCUT2D eigenvalue weighted by Gasteiger charge is -2.32. The summed E-state index contributed by atoms with van der Waals surface area (Å²) in [5.41, 5.74) is 1.46. The maximum atomic E-state index is 13.2. The molecule has 9 heteroatoms. The predicted molar refractivity (Wildman–Crippen MR) is 138 cm³/mol. The molecule has 0 aromatic heterocycles. The maximum absolute atomic E-state index is 13.2. The molecule has 198 valence electrons. The average Bonchev–Trinajstić information content (AvgIpc) is 3.18. The number of piperidine rings is 1. The van der Waals surface area contributed by atoms with Crippen molar-refractivity contribution in [2.75, 3.05) is 13.1 Å².